The van der Waals surface area contributed by atoms with Crippen molar-refractivity contribution in [1.82, 2.24) is 5.43 Å². The Morgan fingerprint density at radius 2 is 2.04 bits per heavy atom. The zero-order valence-electron chi connectivity index (χ0n) is 13.5. The molecule has 0 saturated heterocycles. The van der Waals surface area contributed by atoms with Crippen molar-refractivity contribution in [2.75, 3.05) is 6.61 Å². The fourth-order valence-corrected chi connectivity index (χ4v) is 2.79. The van der Waals surface area contributed by atoms with Crippen molar-refractivity contribution in [3.05, 3.63) is 55.8 Å². The van der Waals surface area contributed by atoms with Gasteiger partial charge in [0.25, 0.3) is 11.6 Å². The summed E-state index contributed by atoms with van der Waals surface area (Å²) in [7, 11) is 0. The molecule has 0 aliphatic carbocycles. The smallest absolute Gasteiger partial charge is 0.277 e. The third-order valence-corrected chi connectivity index (χ3v) is 4.21. The molecule has 0 aliphatic rings. The highest BCUT2D eigenvalue weighted by Gasteiger charge is 2.14. The number of nitro groups is 1. The summed E-state index contributed by atoms with van der Waals surface area (Å²) in [6.07, 6.45) is 0. The maximum Gasteiger partial charge on any atom is 0.277 e. The van der Waals surface area contributed by atoms with E-state index in [4.69, 9.17) is 4.74 Å². The van der Waals surface area contributed by atoms with Crippen LogP contribution in [-0.2, 0) is 4.79 Å². The van der Waals surface area contributed by atoms with Gasteiger partial charge in [0.1, 0.15) is 5.75 Å². The van der Waals surface area contributed by atoms with E-state index in [9.17, 15) is 14.9 Å². The average Bonchev–Trinajstić information content (AvgIpc) is 3.06. The van der Waals surface area contributed by atoms with Gasteiger partial charge in [0.05, 0.1) is 10.6 Å². The Bertz CT molecular complexity index is 762. The summed E-state index contributed by atoms with van der Waals surface area (Å²) >= 11 is 1.53. The maximum atomic E-state index is 11.8. The molecule has 1 N–H and O–H groups in total. The van der Waals surface area contributed by atoms with Crippen LogP contribution in [0.3, 0.4) is 0 Å². The summed E-state index contributed by atoms with van der Waals surface area (Å²) in [5.41, 5.74) is 4.35. The molecule has 1 aromatic carbocycles. The minimum atomic E-state index is -0.460. The van der Waals surface area contributed by atoms with Gasteiger partial charge >= 0.3 is 0 Å². The number of nitrogens with zero attached hydrogens (tertiary/aromatic N) is 2. The summed E-state index contributed by atoms with van der Waals surface area (Å²) in [5, 5.41) is 16.8. The van der Waals surface area contributed by atoms with Gasteiger partial charge in [-0.3, -0.25) is 14.9 Å². The first kappa shape index (κ1) is 17.6. The number of aryl methyl sites for hydroxylation is 2. The lowest BCUT2D eigenvalue weighted by Crippen LogP contribution is -2.25. The summed E-state index contributed by atoms with van der Waals surface area (Å²) in [4.78, 5) is 23.2. The zero-order chi connectivity index (χ0) is 17.7. The first-order chi connectivity index (χ1) is 11.4. The van der Waals surface area contributed by atoms with Gasteiger partial charge in [-0.25, -0.2) is 5.43 Å². The topological polar surface area (TPSA) is 93.8 Å². The van der Waals surface area contributed by atoms with E-state index in [0.717, 1.165) is 4.88 Å². The third-order valence-electron chi connectivity index (χ3n) is 3.23. The largest absolute Gasteiger partial charge is 0.483 e. The number of carbonyl (C=O) groups is 1. The Morgan fingerprint density at radius 1 is 1.38 bits per heavy atom. The number of thiophene rings is 1. The molecule has 0 bridgehead atoms. The van der Waals surface area contributed by atoms with Crippen molar-refractivity contribution in [3.8, 4) is 5.75 Å². The number of nitro benzene ring substituents is 1. The molecule has 7 nitrogen and oxygen atoms in total. The van der Waals surface area contributed by atoms with Gasteiger partial charge < -0.3 is 4.74 Å². The number of hydrogen-bond acceptors (Lipinski definition) is 6. The number of rotatable bonds is 6. The quantitative estimate of drug-likeness (QED) is 0.493. The molecule has 0 atom stereocenters. The van der Waals surface area contributed by atoms with Gasteiger partial charge in [0.2, 0.25) is 0 Å². The molecular formula is C16H17N3O4S. The Hall–Kier alpha value is -2.74. The van der Waals surface area contributed by atoms with Crippen LogP contribution >= 0.6 is 11.3 Å². The van der Waals surface area contributed by atoms with Gasteiger partial charge in [-0.15, -0.1) is 11.3 Å². The predicted molar refractivity (Wildman–Crippen MR) is 92.7 cm³/mol. The Kier molecular flexibility index (Phi) is 5.64. The van der Waals surface area contributed by atoms with Crippen LogP contribution in [0.25, 0.3) is 0 Å². The lowest BCUT2D eigenvalue weighted by Gasteiger charge is -2.11. The van der Waals surface area contributed by atoms with Crippen LogP contribution < -0.4 is 10.2 Å². The van der Waals surface area contributed by atoms with Crippen molar-refractivity contribution in [3.63, 3.8) is 0 Å². The van der Waals surface area contributed by atoms with Gasteiger partial charge in [-0.1, -0.05) is 6.07 Å². The fourth-order valence-electron chi connectivity index (χ4n) is 2.12. The molecule has 1 aromatic heterocycles. The monoisotopic (exact) mass is 347 g/mol. The Balaban J connectivity index is 1.97. The maximum absolute atomic E-state index is 11.8. The van der Waals surface area contributed by atoms with E-state index in [1.807, 2.05) is 17.5 Å². The van der Waals surface area contributed by atoms with Gasteiger partial charge in [-0.05, 0) is 43.3 Å². The van der Waals surface area contributed by atoms with Crippen LogP contribution in [0.1, 0.15) is 22.9 Å². The number of amides is 1. The van der Waals surface area contributed by atoms with Crippen molar-refractivity contribution in [2.24, 2.45) is 5.10 Å². The van der Waals surface area contributed by atoms with E-state index in [-0.39, 0.29) is 12.3 Å². The second-order valence-electron chi connectivity index (χ2n) is 5.16. The molecule has 2 aromatic rings. The van der Waals surface area contributed by atoms with Crippen molar-refractivity contribution >= 4 is 28.6 Å². The summed E-state index contributed by atoms with van der Waals surface area (Å²) < 4.78 is 5.49. The number of nitrogens with one attached hydrogen (secondary N) is 1. The van der Waals surface area contributed by atoms with Crippen LogP contribution in [0.2, 0.25) is 0 Å². The molecule has 0 radical (unpaired) electrons. The van der Waals surface area contributed by atoms with Crippen LogP contribution in [0.4, 0.5) is 5.69 Å². The highest BCUT2D eigenvalue weighted by molar-refractivity contribution is 7.12. The fraction of sp³-hybridized carbons (Fsp3) is 0.250. The van der Waals surface area contributed by atoms with Crippen LogP contribution in [0.15, 0.2) is 34.7 Å². The molecule has 126 valence electrons. The number of carbonyl (C=O) groups excluding carboxylic acids is 1. The molecule has 0 fully saturated rings. The van der Waals surface area contributed by atoms with Crippen LogP contribution in [-0.4, -0.2) is 23.1 Å². The van der Waals surface area contributed by atoms with Crippen molar-refractivity contribution in [2.45, 2.75) is 20.8 Å². The second-order valence-corrected chi connectivity index (χ2v) is 6.11. The first-order valence-corrected chi connectivity index (χ1v) is 8.02. The second kappa shape index (κ2) is 7.69. The van der Waals surface area contributed by atoms with Crippen molar-refractivity contribution in [1.29, 1.82) is 0 Å². The summed E-state index contributed by atoms with van der Waals surface area (Å²) in [5.74, 6) is 0.0674. The number of non-ortho nitro benzene ring substituents is 1. The number of ether oxygens (including phenoxy) is 1. The highest BCUT2D eigenvalue weighted by atomic mass is 32.1. The Morgan fingerprint density at radius 3 is 2.58 bits per heavy atom. The number of hydrazone groups is 1. The molecule has 0 aliphatic heterocycles. The summed E-state index contributed by atoms with van der Waals surface area (Å²) in [6.45, 7) is 4.98. The molecule has 2 rings (SSSR count). The Labute approximate surface area is 143 Å². The van der Waals surface area contributed by atoms with E-state index in [1.54, 1.807) is 20.8 Å². The lowest BCUT2D eigenvalue weighted by atomic mass is 10.1. The minimum Gasteiger partial charge on any atom is -0.483 e. The molecule has 24 heavy (non-hydrogen) atoms. The minimum absolute atomic E-state index is 0.00188. The van der Waals surface area contributed by atoms with Gasteiger partial charge in [-0.2, -0.15) is 5.10 Å². The van der Waals surface area contributed by atoms with Crippen LogP contribution in [0.5, 0.6) is 5.75 Å². The number of benzene rings is 1. The number of hydrogen-bond donors (Lipinski definition) is 1. The SMILES string of the molecule is C/C(=N\NC(=O)COc1c(C)cc([N+](=O)[O-])cc1C)c1cccs1. The predicted octanol–water partition coefficient (Wildman–Crippen LogP) is 3.19. The van der Waals surface area contributed by atoms with E-state index in [1.165, 1.54) is 23.5 Å². The molecule has 0 spiro atoms. The molecule has 0 saturated carbocycles. The zero-order valence-corrected chi connectivity index (χ0v) is 14.3. The average molecular weight is 347 g/mol. The van der Waals surface area contributed by atoms with E-state index in [0.29, 0.717) is 22.6 Å². The molecule has 8 heteroatoms. The standard InChI is InChI=1S/C16H17N3O4S/c1-10-7-13(19(21)22)8-11(2)16(10)23-9-15(20)18-17-12(3)14-5-4-6-24-14/h4-8H,9H2,1-3H3,(H,18,20)/b17-12+. The van der Waals surface area contributed by atoms with E-state index in [2.05, 4.69) is 10.5 Å². The highest BCUT2D eigenvalue weighted by Crippen LogP contribution is 2.28. The normalized spacial score (nSPS) is 11.2. The van der Waals surface area contributed by atoms with Gasteiger partial charge in [0.15, 0.2) is 6.61 Å². The molecule has 1 heterocycles. The third kappa shape index (κ3) is 4.39. The van der Waals surface area contributed by atoms with Crippen molar-refractivity contribution < 1.29 is 14.5 Å². The molecule has 0 unspecified atom stereocenters. The molecular weight excluding hydrogens is 330 g/mol. The first-order valence-electron chi connectivity index (χ1n) is 7.14. The lowest BCUT2D eigenvalue weighted by molar-refractivity contribution is -0.385. The van der Waals surface area contributed by atoms with Gasteiger partial charge in [0, 0.05) is 17.0 Å². The van der Waals surface area contributed by atoms with E-state index >= 15 is 0 Å². The molecule has 1 amide bonds. The van der Waals surface area contributed by atoms with Crippen LogP contribution in [0, 0.1) is 24.0 Å². The summed E-state index contributed by atoms with van der Waals surface area (Å²) in [6, 6.07) is 6.65. The van der Waals surface area contributed by atoms with E-state index < -0.39 is 10.8 Å².